The minimum Gasteiger partial charge on any atom is -0.379 e. The Kier molecular flexibility index (Phi) is 7.04. The maximum absolute atomic E-state index is 13.1. The summed E-state index contributed by atoms with van der Waals surface area (Å²) in [5.41, 5.74) is 2.17. The van der Waals surface area contributed by atoms with Gasteiger partial charge in [-0.05, 0) is 63.4 Å². The molecule has 4 N–H and O–H groups in total. The Hall–Kier alpha value is -3.17. The molecule has 2 saturated heterocycles. The van der Waals surface area contributed by atoms with Crippen molar-refractivity contribution in [3.63, 3.8) is 0 Å². The number of hydrogen-bond acceptors (Lipinski definition) is 6. The largest absolute Gasteiger partial charge is 0.379 e. The standard InChI is InChI=1S/C25H33N5O4/c1-16-13-17(6-7-19(16)24(32)30-10-12-34-25(2,3)15-30)29-22(26)21-20(8-9-27-23(21)31)28-18-5-4-11-33-14-18/h6-9,13,18H,4-5,10-12,14-15H2,1-3H3,(H2,26,29)(H2,27,28,31)/t18-/m1/s1. The van der Waals surface area contributed by atoms with Crippen LogP contribution in [0.25, 0.3) is 0 Å². The molecule has 0 unspecified atom stereocenters. The lowest BCUT2D eigenvalue weighted by atomic mass is 10.0. The number of nitrogens with zero attached hydrogens (tertiary/aromatic N) is 1. The number of hydrogen-bond donors (Lipinski definition) is 4. The Labute approximate surface area is 199 Å². The van der Waals surface area contributed by atoms with Gasteiger partial charge in [0.15, 0.2) is 0 Å². The van der Waals surface area contributed by atoms with Crippen LogP contribution in [-0.2, 0) is 9.47 Å². The van der Waals surface area contributed by atoms with Crippen molar-refractivity contribution in [1.29, 1.82) is 5.41 Å². The number of anilines is 2. The Bertz CT molecular complexity index is 1120. The Morgan fingerprint density at radius 2 is 2.09 bits per heavy atom. The van der Waals surface area contributed by atoms with Crippen molar-refractivity contribution >= 4 is 23.1 Å². The topological polar surface area (TPSA) is 120 Å². The summed E-state index contributed by atoms with van der Waals surface area (Å²) in [4.78, 5) is 30.1. The average Bonchev–Trinajstić information content (AvgIpc) is 2.79. The maximum Gasteiger partial charge on any atom is 0.261 e. The monoisotopic (exact) mass is 467 g/mol. The smallest absolute Gasteiger partial charge is 0.261 e. The molecule has 3 heterocycles. The van der Waals surface area contributed by atoms with Gasteiger partial charge in [0, 0.05) is 43.2 Å². The minimum atomic E-state index is -0.364. The number of carbonyl (C=O) groups is 1. The second-order valence-corrected chi connectivity index (χ2v) is 9.52. The Morgan fingerprint density at radius 3 is 2.79 bits per heavy atom. The number of ether oxygens (including phenoxy) is 2. The molecule has 2 fully saturated rings. The lowest BCUT2D eigenvalue weighted by molar-refractivity contribution is -0.0764. The van der Waals surface area contributed by atoms with Crippen LogP contribution in [0.5, 0.6) is 0 Å². The summed E-state index contributed by atoms with van der Waals surface area (Å²) in [5, 5.41) is 15.0. The van der Waals surface area contributed by atoms with E-state index in [1.54, 1.807) is 24.4 Å². The van der Waals surface area contributed by atoms with Crippen LogP contribution >= 0.6 is 0 Å². The van der Waals surface area contributed by atoms with Gasteiger partial charge in [-0.1, -0.05) is 0 Å². The molecular formula is C25H33N5O4. The van der Waals surface area contributed by atoms with Crippen molar-refractivity contribution in [1.82, 2.24) is 9.88 Å². The number of pyridine rings is 1. The quantitative estimate of drug-likeness (QED) is 0.397. The fraction of sp³-hybridized carbons (Fsp3) is 0.480. The third kappa shape index (κ3) is 5.48. The molecule has 0 saturated carbocycles. The highest BCUT2D eigenvalue weighted by molar-refractivity contribution is 6.09. The third-order valence-electron chi connectivity index (χ3n) is 6.17. The number of aromatic amines is 1. The molecule has 1 amide bonds. The van der Waals surface area contributed by atoms with Crippen molar-refractivity contribution in [2.75, 3.05) is 43.5 Å². The summed E-state index contributed by atoms with van der Waals surface area (Å²) in [7, 11) is 0. The molecule has 0 radical (unpaired) electrons. The van der Waals surface area contributed by atoms with Gasteiger partial charge in [-0.3, -0.25) is 15.0 Å². The number of H-pyrrole nitrogens is 1. The Morgan fingerprint density at radius 1 is 1.26 bits per heavy atom. The van der Waals surface area contributed by atoms with Crippen LogP contribution in [0.15, 0.2) is 35.3 Å². The van der Waals surface area contributed by atoms with E-state index in [1.807, 2.05) is 31.7 Å². The first-order chi connectivity index (χ1) is 16.2. The maximum atomic E-state index is 13.1. The van der Waals surface area contributed by atoms with Crippen molar-refractivity contribution in [2.45, 2.75) is 45.3 Å². The summed E-state index contributed by atoms with van der Waals surface area (Å²) >= 11 is 0. The second kappa shape index (κ2) is 9.99. The molecule has 1 atom stereocenters. The fourth-order valence-electron chi connectivity index (χ4n) is 4.47. The summed E-state index contributed by atoms with van der Waals surface area (Å²) in [6.45, 7) is 8.77. The van der Waals surface area contributed by atoms with E-state index in [1.165, 1.54) is 0 Å². The number of nitrogens with one attached hydrogen (secondary N) is 4. The van der Waals surface area contributed by atoms with Crippen molar-refractivity contribution < 1.29 is 14.3 Å². The average molecular weight is 468 g/mol. The van der Waals surface area contributed by atoms with Gasteiger partial charge in [-0.2, -0.15) is 0 Å². The lowest BCUT2D eigenvalue weighted by Crippen LogP contribution is -2.50. The molecule has 9 nitrogen and oxygen atoms in total. The van der Waals surface area contributed by atoms with Crippen molar-refractivity contribution in [3.05, 3.63) is 57.5 Å². The molecule has 0 spiro atoms. The number of aryl methyl sites for hydroxylation is 1. The molecule has 1 aromatic heterocycles. The summed E-state index contributed by atoms with van der Waals surface area (Å²) in [5.74, 6) is -0.0503. The third-order valence-corrected chi connectivity index (χ3v) is 6.17. The fourth-order valence-corrected chi connectivity index (χ4v) is 4.47. The zero-order chi connectivity index (χ0) is 24.3. The van der Waals surface area contributed by atoms with Crippen molar-refractivity contribution in [3.8, 4) is 0 Å². The summed E-state index contributed by atoms with van der Waals surface area (Å²) in [6.07, 6.45) is 3.47. The van der Waals surface area contributed by atoms with Crippen LogP contribution in [-0.4, -0.2) is 66.2 Å². The lowest BCUT2D eigenvalue weighted by Gasteiger charge is -2.38. The SMILES string of the molecule is Cc1cc(NC(=N)c2c(N[C@@H]3CCCOC3)cc[nH]c2=O)ccc1C(=O)N1CCOC(C)(C)C1. The van der Waals surface area contributed by atoms with E-state index in [0.717, 1.165) is 25.0 Å². The van der Waals surface area contributed by atoms with Gasteiger partial charge in [-0.15, -0.1) is 0 Å². The van der Waals surface area contributed by atoms with E-state index in [4.69, 9.17) is 14.9 Å². The van der Waals surface area contributed by atoms with E-state index < -0.39 is 0 Å². The molecule has 2 aromatic rings. The van der Waals surface area contributed by atoms with Crippen LogP contribution in [0, 0.1) is 12.3 Å². The first kappa shape index (κ1) is 24.0. The van der Waals surface area contributed by atoms with Crippen LogP contribution < -0.4 is 16.2 Å². The first-order valence-electron chi connectivity index (χ1n) is 11.7. The van der Waals surface area contributed by atoms with E-state index in [9.17, 15) is 9.59 Å². The highest BCUT2D eigenvalue weighted by Gasteiger charge is 2.31. The van der Waals surface area contributed by atoms with Crippen LogP contribution in [0.4, 0.5) is 11.4 Å². The number of carbonyl (C=O) groups excluding carboxylic acids is 1. The van der Waals surface area contributed by atoms with Crippen LogP contribution in [0.1, 0.15) is 48.2 Å². The van der Waals surface area contributed by atoms with Gasteiger partial charge in [-0.25, -0.2) is 0 Å². The first-order valence-corrected chi connectivity index (χ1v) is 11.7. The summed E-state index contributed by atoms with van der Waals surface area (Å²) in [6, 6.07) is 7.22. The van der Waals surface area contributed by atoms with Gasteiger partial charge in [0.2, 0.25) is 0 Å². The number of benzene rings is 1. The predicted octanol–water partition coefficient (Wildman–Crippen LogP) is 2.96. The van der Waals surface area contributed by atoms with Crippen LogP contribution in [0.2, 0.25) is 0 Å². The molecule has 2 aliphatic heterocycles. The second-order valence-electron chi connectivity index (χ2n) is 9.52. The highest BCUT2D eigenvalue weighted by atomic mass is 16.5. The molecule has 34 heavy (non-hydrogen) atoms. The van der Waals surface area contributed by atoms with E-state index >= 15 is 0 Å². The van der Waals surface area contributed by atoms with Gasteiger partial charge in [0.1, 0.15) is 11.4 Å². The molecule has 182 valence electrons. The molecule has 9 heteroatoms. The van der Waals surface area contributed by atoms with E-state index in [2.05, 4.69) is 15.6 Å². The molecule has 0 aliphatic carbocycles. The predicted molar refractivity (Wildman–Crippen MR) is 132 cm³/mol. The molecule has 2 aliphatic rings. The molecule has 1 aromatic carbocycles. The zero-order valence-electron chi connectivity index (χ0n) is 20.0. The number of aromatic nitrogens is 1. The molecule has 0 bridgehead atoms. The molecular weight excluding hydrogens is 434 g/mol. The van der Waals surface area contributed by atoms with E-state index in [0.29, 0.717) is 43.2 Å². The van der Waals surface area contributed by atoms with Crippen molar-refractivity contribution in [2.24, 2.45) is 0 Å². The van der Waals surface area contributed by atoms with Gasteiger partial charge in [0.05, 0.1) is 24.5 Å². The van der Waals surface area contributed by atoms with E-state index in [-0.39, 0.29) is 34.5 Å². The van der Waals surface area contributed by atoms with Gasteiger partial charge >= 0.3 is 0 Å². The zero-order valence-corrected chi connectivity index (χ0v) is 20.0. The van der Waals surface area contributed by atoms with Gasteiger partial charge in [0.25, 0.3) is 11.5 Å². The molecule has 4 rings (SSSR count). The van der Waals surface area contributed by atoms with Gasteiger partial charge < -0.3 is 30.0 Å². The number of morpholine rings is 1. The number of rotatable bonds is 5. The highest BCUT2D eigenvalue weighted by Crippen LogP contribution is 2.23. The number of amides is 1. The van der Waals surface area contributed by atoms with Crippen LogP contribution in [0.3, 0.4) is 0 Å². The Balaban J connectivity index is 1.49. The minimum absolute atomic E-state index is 0.0190. The normalized spacial score (nSPS) is 20.0. The number of amidine groups is 1. The summed E-state index contributed by atoms with van der Waals surface area (Å²) < 4.78 is 11.2.